The van der Waals surface area contributed by atoms with E-state index in [4.69, 9.17) is 21.3 Å². The van der Waals surface area contributed by atoms with Gasteiger partial charge in [0.05, 0.1) is 12.8 Å². The number of nitrogens with zero attached hydrogens (tertiary/aromatic N) is 6. The second kappa shape index (κ2) is 11.0. The molecule has 198 valence electrons. The van der Waals surface area contributed by atoms with Crippen LogP contribution >= 0.6 is 11.6 Å². The number of ether oxygens (including phenoxy) is 1. The van der Waals surface area contributed by atoms with E-state index in [9.17, 15) is 4.79 Å². The van der Waals surface area contributed by atoms with Crippen LogP contribution in [0.25, 0.3) is 22.5 Å². The number of tetrazole rings is 1. The first-order chi connectivity index (χ1) is 18.5. The second-order valence-electron chi connectivity index (χ2n) is 9.71. The van der Waals surface area contributed by atoms with Crippen LogP contribution in [0.3, 0.4) is 0 Å². The first kappa shape index (κ1) is 26.1. The highest BCUT2D eigenvalue weighted by atomic mass is 35.5. The van der Waals surface area contributed by atoms with E-state index in [0.29, 0.717) is 23.9 Å². The van der Waals surface area contributed by atoms with Crippen molar-refractivity contribution in [1.29, 1.82) is 0 Å². The van der Waals surface area contributed by atoms with Crippen LogP contribution in [0.2, 0.25) is 5.15 Å². The summed E-state index contributed by atoms with van der Waals surface area (Å²) in [5.41, 5.74) is 3.83. The number of methoxy groups -OCH3 is 1. The van der Waals surface area contributed by atoms with E-state index in [0.717, 1.165) is 66.0 Å². The molecule has 0 aliphatic carbocycles. The molecule has 0 unspecified atom stereocenters. The Labute approximate surface area is 227 Å². The summed E-state index contributed by atoms with van der Waals surface area (Å²) >= 11 is 6.82. The number of halogens is 1. The number of hydrogen-bond acceptors (Lipinski definition) is 7. The monoisotopic (exact) mass is 533 g/mol. The van der Waals surface area contributed by atoms with Crippen molar-refractivity contribution in [2.75, 3.05) is 20.7 Å². The molecule has 5 rings (SSSR count). The van der Waals surface area contributed by atoms with Crippen molar-refractivity contribution in [1.82, 2.24) is 35.1 Å². The number of rotatable bonds is 9. The molecule has 1 aliphatic heterocycles. The van der Waals surface area contributed by atoms with Crippen LogP contribution in [0.5, 0.6) is 0 Å². The number of likely N-dealkylation sites (tertiary alicyclic amines) is 1. The van der Waals surface area contributed by atoms with Crippen LogP contribution in [-0.4, -0.2) is 61.7 Å². The molecule has 2 aromatic heterocycles. The third kappa shape index (κ3) is 4.61. The molecule has 10 heteroatoms. The SMILES string of the molecule is CCCCc1nc(Cl)c([C@]2(C(=O)OC)CCCN2C)n1Cc1ccc(-c2ccccc2-c2nn[nH]n2)cc1. The molecule has 4 aromatic rings. The standard InChI is InChI=1S/C28H32ClN7O2/c1-4-5-11-23-30-25(29)24(28(27(37)38-3)16-8-17-35(28)2)36(23)18-19-12-14-20(15-13-19)21-9-6-7-10-22(21)26-31-33-34-32-26/h6-7,9-10,12-15H,4-5,8,11,16-18H2,1-3H3,(H,31,32,33,34)/t28-/m0/s1. The van der Waals surface area contributed by atoms with E-state index in [2.05, 4.69) is 61.3 Å². The molecule has 1 N–H and O–H groups in total. The lowest BCUT2D eigenvalue weighted by atomic mass is 9.92. The third-order valence-electron chi connectivity index (χ3n) is 7.48. The number of unbranched alkanes of at least 4 members (excludes halogenated alkanes) is 1. The maximum atomic E-state index is 13.3. The highest BCUT2D eigenvalue weighted by Crippen LogP contribution is 2.43. The molecule has 38 heavy (non-hydrogen) atoms. The van der Waals surface area contributed by atoms with E-state index in [1.807, 2.05) is 31.3 Å². The number of carbonyl (C=O) groups is 1. The molecule has 0 radical (unpaired) electrons. The first-order valence-corrected chi connectivity index (χ1v) is 13.3. The minimum Gasteiger partial charge on any atom is -0.467 e. The Hall–Kier alpha value is -3.56. The average Bonchev–Trinajstić information content (AvgIpc) is 3.68. The number of esters is 1. The fraction of sp³-hybridized carbons (Fsp3) is 0.393. The summed E-state index contributed by atoms with van der Waals surface area (Å²) in [6.07, 6.45) is 4.33. The van der Waals surface area contributed by atoms with Gasteiger partial charge in [-0.05, 0) is 54.8 Å². The van der Waals surface area contributed by atoms with Crippen molar-refractivity contribution >= 4 is 17.6 Å². The second-order valence-corrected chi connectivity index (χ2v) is 10.1. The van der Waals surface area contributed by atoms with Crippen molar-refractivity contribution in [2.24, 2.45) is 0 Å². The number of imidazole rings is 1. The molecule has 0 spiro atoms. The highest BCUT2D eigenvalue weighted by Gasteiger charge is 2.52. The molecule has 9 nitrogen and oxygen atoms in total. The Bertz CT molecular complexity index is 1400. The molecular formula is C28H32ClN7O2. The summed E-state index contributed by atoms with van der Waals surface area (Å²) in [6.45, 7) is 3.49. The van der Waals surface area contributed by atoms with Gasteiger partial charge in [0, 0.05) is 18.5 Å². The van der Waals surface area contributed by atoms with Gasteiger partial charge >= 0.3 is 5.97 Å². The van der Waals surface area contributed by atoms with Crippen LogP contribution in [-0.2, 0) is 28.0 Å². The van der Waals surface area contributed by atoms with Crippen LogP contribution in [0.1, 0.15) is 49.7 Å². The molecule has 0 amide bonds. The van der Waals surface area contributed by atoms with Gasteiger partial charge < -0.3 is 9.30 Å². The molecule has 1 fully saturated rings. The summed E-state index contributed by atoms with van der Waals surface area (Å²) in [6, 6.07) is 16.4. The summed E-state index contributed by atoms with van der Waals surface area (Å²) in [5.74, 6) is 1.15. The quantitative estimate of drug-likeness (QED) is 0.306. The topological polar surface area (TPSA) is 102 Å². The normalized spacial score (nSPS) is 17.7. The van der Waals surface area contributed by atoms with Gasteiger partial charge in [0.15, 0.2) is 10.7 Å². The lowest BCUT2D eigenvalue weighted by molar-refractivity contribution is -0.153. The van der Waals surface area contributed by atoms with Crippen molar-refractivity contribution in [3.8, 4) is 22.5 Å². The summed E-state index contributed by atoms with van der Waals surface area (Å²) < 4.78 is 7.46. The fourth-order valence-corrected chi connectivity index (χ4v) is 5.87. The number of aromatic nitrogens is 6. The van der Waals surface area contributed by atoms with Gasteiger partial charge in [0.25, 0.3) is 0 Å². The van der Waals surface area contributed by atoms with Gasteiger partial charge in [-0.15, -0.1) is 10.2 Å². The summed E-state index contributed by atoms with van der Waals surface area (Å²) in [7, 11) is 3.40. The Balaban J connectivity index is 1.53. The average molecular weight is 534 g/mol. The summed E-state index contributed by atoms with van der Waals surface area (Å²) in [5, 5.41) is 14.9. The molecule has 2 aromatic carbocycles. The van der Waals surface area contributed by atoms with Crippen LogP contribution in [0, 0.1) is 0 Å². The molecule has 1 aliphatic rings. The largest absolute Gasteiger partial charge is 0.467 e. The fourth-order valence-electron chi connectivity index (χ4n) is 5.51. The number of likely N-dealkylation sites (N-methyl/N-ethyl adjacent to an activating group) is 1. The minimum atomic E-state index is -0.952. The van der Waals surface area contributed by atoms with E-state index in [1.165, 1.54) is 7.11 Å². The summed E-state index contributed by atoms with van der Waals surface area (Å²) in [4.78, 5) is 20.1. The Morgan fingerprint density at radius 2 is 1.92 bits per heavy atom. The number of aromatic amines is 1. The number of nitrogens with one attached hydrogen (secondary N) is 1. The van der Waals surface area contributed by atoms with Crippen LogP contribution < -0.4 is 0 Å². The number of carbonyl (C=O) groups excluding carboxylic acids is 1. The smallest absolute Gasteiger partial charge is 0.332 e. The zero-order valence-corrected chi connectivity index (χ0v) is 22.7. The van der Waals surface area contributed by atoms with E-state index >= 15 is 0 Å². The van der Waals surface area contributed by atoms with Crippen molar-refractivity contribution in [3.63, 3.8) is 0 Å². The zero-order chi connectivity index (χ0) is 26.7. The van der Waals surface area contributed by atoms with Gasteiger partial charge in [0.2, 0.25) is 5.82 Å². The number of aryl methyl sites for hydroxylation is 1. The Kier molecular flexibility index (Phi) is 7.58. The number of H-pyrrole nitrogens is 1. The van der Waals surface area contributed by atoms with Gasteiger partial charge in [0.1, 0.15) is 5.82 Å². The predicted molar refractivity (Wildman–Crippen MR) is 146 cm³/mol. The molecule has 0 saturated carbocycles. The van der Waals surface area contributed by atoms with Gasteiger partial charge in [-0.2, -0.15) is 5.21 Å². The van der Waals surface area contributed by atoms with E-state index < -0.39 is 5.54 Å². The third-order valence-corrected chi connectivity index (χ3v) is 7.74. The van der Waals surface area contributed by atoms with Gasteiger partial charge in [-0.1, -0.05) is 73.5 Å². The zero-order valence-electron chi connectivity index (χ0n) is 21.9. The van der Waals surface area contributed by atoms with Crippen LogP contribution in [0.15, 0.2) is 48.5 Å². The molecule has 0 bridgehead atoms. The lowest BCUT2D eigenvalue weighted by Crippen LogP contribution is -2.48. The number of benzene rings is 2. The first-order valence-electron chi connectivity index (χ1n) is 13.0. The van der Waals surface area contributed by atoms with Gasteiger partial charge in [-0.25, -0.2) is 9.78 Å². The molecule has 1 atom stereocenters. The number of hydrogen-bond donors (Lipinski definition) is 1. The minimum absolute atomic E-state index is 0.295. The maximum absolute atomic E-state index is 13.3. The van der Waals surface area contributed by atoms with E-state index in [1.54, 1.807) is 0 Å². The molecule has 3 heterocycles. The lowest BCUT2D eigenvalue weighted by Gasteiger charge is -2.34. The molecular weight excluding hydrogens is 502 g/mol. The Morgan fingerprint density at radius 1 is 1.16 bits per heavy atom. The van der Waals surface area contributed by atoms with Gasteiger partial charge in [-0.3, -0.25) is 4.90 Å². The van der Waals surface area contributed by atoms with Crippen molar-refractivity contribution in [2.45, 2.75) is 51.1 Å². The molecule has 1 saturated heterocycles. The van der Waals surface area contributed by atoms with Crippen molar-refractivity contribution in [3.05, 3.63) is 70.8 Å². The predicted octanol–water partition coefficient (Wildman–Crippen LogP) is 4.87. The highest BCUT2D eigenvalue weighted by molar-refractivity contribution is 6.30. The van der Waals surface area contributed by atoms with Crippen LogP contribution in [0.4, 0.5) is 0 Å². The van der Waals surface area contributed by atoms with Crippen molar-refractivity contribution < 1.29 is 9.53 Å². The Morgan fingerprint density at radius 3 is 2.55 bits per heavy atom. The van der Waals surface area contributed by atoms with E-state index in [-0.39, 0.29) is 5.97 Å². The maximum Gasteiger partial charge on any atom is 0.332 e.